The third-order valence-corrected chi connectivity index (χ3v) is 16.1. The predicted molar refractivity (Wildman–Crippen MR) is 273 cm³/mol. The van der Waals surface area contributed by atoms with Crippen LogP contribution in [0.2, 0.25) is 0 Å². The second-order valence-corrected chi connectivity index (χ2v) is 22.2. The van der Waals surface area contributed by atoms with Gasteiger partial charge in [-0.3, -0.25) is 14.4 Å². The van der Waals surface area contributed by atoms with Crippen LogP contribution in [0.4, 0.5) is 0 Å². The second kappa shape index (κ2) is 29.3. The van der Waals surface area contributed by atoms with Crippen molar-refractivity contribution in [2.45, 2.75) is 193 Å². The largest absolute Gasteiger partial charge is 0.460 e. The summed E-state index contributed by atoms with van der Waals surface area (Å²) in [5.41, 5.74) is 1.55. The molecule has 0 aromatic rings. The average Bonchev–Trinajstić information content (AvgIpc) is 3.34. The number of methoxy groups -OCH3 is 2. The van der Waals surface area contributed by atoms with E-state index in [9.17, 15) is 34.5 Å². The molecule has 2 bridgehead atoms. The highest BCUT2D eigenvalue weighted by atomic mass is 16.6. The van der Waals surface area contributed by atoms with Crippen molar-refractivity contribution in [3.63, 3.8) is 0 Å². The maximum atomic E-state index is 14.6. The van der Waals surface area contributed by atoms with Gasteiger partial charge in [0.05, 0.1) is 50.3 Å². The van der Waals surface area contributed by atoms with E-state index in [0.29, 0.717) is 89.8 Å². The van der Waals surface area contributed by atoms with E-state index in [1.807, 2.05) is 38.2 Å². The fourth-order valence-electron chi connectivity index (χ4n) is 11.3. The van der Waals surface area contributed by atoms with Gasteiger partial charge in [-0.25, -0.2) is 4.79 Å². The van der Waals surface area contributed by atoms with Gasteiger partial charge in [0.1, 0.15) is 24.0 Å². The zero-order valence-electron chi connectivity index (χ0n) is 45.0. The van der Waals surface area contributed by atoms with E-state index in [2.05, 4.69) is 19.9 Å². The van der Waals surface area contributed by atoms with E-state index in [1.165, 1.54) is 4.90 Å². The number of carbonyl (C=O) groups is 4. The van der Waals surface area contributed by atoms with Gasteiger partial charge in [0.25, 0.3) is 11.7 Å². The Morgan fingerprint density at radius 2 is 1.58 bits per heavy atom. The van der Waals surface area contributed by atoms with E-state index < -0.39 is 71.8 Å². The number of aliphatic hydroxyl groups is 3. The number of hydrogen-bond donors (Lipinski definition) is 3. The summed E-state index contributed by atoms with van der Waals surface area (Å²) in [6, 6.07) is -1.12. The summed E-state index contributed by atoms with van der Waals surface area (Å²) in [6.07, 6.45) is 15.9. The number of ether oxygens (including phenoxy) is 7. The SMILES string of the molecule is CO[C@H]1C[C@H](C)C[C@H](C)/C=C/C=C/C=C(\C)C(OCC2COC2)C[C@@H]2CC[C@@H](C)[C@@](O)(O2)C(=O)C(=O)N2CCCCC2C(=O)O[C@H]([C@H](C)C[C@@H]2CC[C@@H](OCCCO)[C@H](OC)C2)CC(=O)[C@H](C)/C=C(\C)[C@H]1O. The van der Waals surface area contributed by atoms with Gasteiger partial charge < -0.3 is 53.4 Å². The molecule has 0 aromatic heterocycles. The van der Waals surface area contributed by atoms with Gasteiger partial charge in [0.2, 0.25) is 5.79 Å². The minimum atomic E-state index is -2.43. The molecule has 3 N–H and O–H groups in total. The Hall–Kier alpha value is -3.12. The Balaban J connectivity index is 1.44. The predicted octanol–water partition coefficient (Wildman–Crippen LogP) is 7.42. The number of nitrogens with zero attached hydrogens (tertiary/aromatic N) is 1. The van der Waals surface area contributed by atoms with Gasteiger partial charge in [-0.05, 0) is 126 Å². The van der Waals surface area contributed by atoms with E-state index in [4.69, 9.17) is 33.2 Å². The van der Waals surface area contributed by atoms with Crippen molar-refractivity contribution in [1.29, 1.82) is 0 Å². The van der Waals surface area contributed by atoms with Crippen LogP contribution in [-0.4, -0.2) is 152 Å². The minimum absolute atomic E-state index is 0.0477. The molecule has 72 heavy (non-hydrogen) atoms. The van der Waals surface area contributed by atoms with Crippen LogP contribution in [0.25, 0.3) is 0 Å². The van der Waals surface area contributed by atoms with E-state index >= 15 is 0 Å². The number of allylic oxidation sites excluding steroid dienone is 6. The Morgan fingerprint density at radius 1 is 0.833 bits per heavy atom. The highest BCUT2D eigenvalue weighted by Gasteiger charge is 2.53. The Labute approximate surface area is 430 Å². The molecule has 1 amide bonds. The van der Waals surface area contributed by atoms with Crippen LogP contribution >= 0.6 is 0 Å². The summed E-state index contributed by atoms with van der Waals surface area (Å²) in [4.78, 5) is 59.0. The maximum absolute atomic E-state index is 14.6. The molecule has 4 fully saturated rings. The maximum Gasteiger partial charge on any atom is 0.329 e. The molecule has 15 atom stereocenters. The molecule has 4 heterocycles. The molecule has 5 rings (SSSR count). The first-order valence-corrected chi connectivity index (χ1v) is 27.2. The molecule has 5 aliphatic rings. The number of piperidine rings is 1. The molecular formula is C57H91NO14. The molecule has 15 heteroatoms. The van der Waals surface area contributed by atoms with Gasteiger partial charge in [0, 0.05) is 64.6 Å². The third kappa shape index (κ3) is 16.9. The summed E-state index contributed by atoms with van der Waals surface area (Å²) in [7, 11) is 3.26. The van der Waals surface area contributed by atoms with E-state index in [1.54, 1.807) is 41.1 Å². The van der Waals surface area contributed by atoms with Gasteiger partial charge in [-0.15, -0.1) is 0 Å². The van der Waals surface area contributed by atoms with Crippen LogP contribution in [0.3, 0.4) is 0 Å². The van der Waals surface area contributed by atoms with Crippen molar-refractivity contribution in [3.05, 3.63) is 47.6 Å². The minimum Gasteiger partial charge on any atom is -0.460 e. The first-order chi connectivity index (χ1) is 34.4. The number of rotatable bonds is 12. The Morgan fingerprint density at radius 3 is 2.28 bits per heavy atom. The number of esters is 1. The molecule has 1 saturated carbocycles. The number of Topliss-reactive ketones (excluding diaryl/α,β-unsaturated/α-hetero) is 2. The molecule has 15 nitrogen and oxygen atoms in total. The molecule has 408 valence electrons. The zero-order chi connectivity index (χ0) is 52.5. The lowest BCUT2D eigenvalue weighted by molar-refractivity contribution is -0.266. The number of amides is 1. The molecule has 4 aliphatic heterocycles. The summed E-state index contributed by atoms with van der Waals surface area (Å²) in [6.45, 7) is 15.9. The second-order valence-electron chi connectivity index (χ2n) is 22.2. The summed E-state index contributed by atoms with van der Waals surface area (Å²) in [5, 5.41) is 33.1. The van der Waals surface area contributed by atoms with Crippen molar-refractivity contribution in [2.75, 3.05) is 53.8 Å². The van der Waals surface area contributed by atoms with Crippen molar-refractivity contribution in [1.82, 2.24) is 4.90 Å². The van der Waals surface area contributed by atoms with Crippen molar-refractivity contribution < 1.29 is 67.7 Å². The normalized spacial score (nSPS) is 38.8. The summed E-state index contributed by atoms with van der Waals surface area (Å²) < 4.78 is 42.4. The number of cyclic esters (lactones) is 1. The molecule has 0 spiro atoms. The van der Waals surface area contributed by atoms with Gasteiger partial charge in [0.15, 0.2) is 0 Å². The Kier molecular flexibility index (Phi) is 24.3. The van der Waals surface area contributed by atoms with Crippen LogP contribution < -0.4 is 0 Å². The number of ketones is 2. The molecule has 0 aromatic carbocycles. The lowest BCUT2D eigenvalue weighted by Crippen LogP contribution is -2.61. The van der Waals surface area contributed by atoms with Gasteiger partial charge >= 0.3 is 5.97 Å². The standard InChI is InChI=1S/C57H91NO14/c1-36-16-11-10-12-17-38(3)49(70-35-44-33-68-34-44)31-45-21-19-42(7)57(65,72-45)54(62)55(63)58-23-14-13-18-46(58)56(64)71-50(40(5)29-43-20-22-48(51(30-43)66-8)69-25-15-24-59)32-47(60)39(4)28-41(6)53(61)52(67-9)27-37(2)26-36/h10-12,16-17,28,36-37,39-40,42-46,48-53,59,61,65H,13-15,18-27,29-35H2,1-9H3/b12-10+,16-11+,38-17+,41-28+/t36-,37-,39-,40-,42-,43+,45+,46?,48-,49?,50+,51-,52+,53-,57-/m1/s1. The molecule has 0 radical (unpaired) electrons. The third-order valence-electron chi connectivity index (χ3n) is 16.1. The quantitative estimate of drug-likeness (QED) is 0.0756. The lowest BCUT2D eigenvalue weighted by Gasteiger charge is -2.43. The summed E-state index contributed by atoms with van der Waals surface area (Å²) in [5.74, 6) is -6.14. The molecular weight excluding hydrogens is 923 g/mol. The van der Waals surface area contributed by atoms with Gasteiger partial charge in [-0.1, -0.05) is 71.1 Å². The van der Waals surface area contributed by atoms with E-state index in [0.717, 1.165) is 24.8 Å². The Bertz CT molecular complexity index is 1860. The zero-order valence-corrected chi connectivity index (χ0v) is 45.0. The fourth-order valence-corrected chi connectivity index (χ4v) is 11.3. The first-order valence-electron chi connectivity index (χ1n) is 27.2. The molecule has 3 saturated heterocycles. The van der Waals surface area contributed by atoms with Crippen molar-refractivity contribution in [3.8, 4) is 0 Å². The van der Waals surface area contributed by atoms with Crippen molar-refractivity contribution in [2.24, 2.45) is 41.4 Å². The first kappa shape index (κ1) is 59.8. The molecule has 1 aliphatic carbocycles. The van der Waals surface area contributed by atoms with Crippen LogP contribution in [0, 0.1) is 41.4 Å². The van der Waals surface area contributed by atoms with Gasteiger partial charge in [-0.2, -0.15) is 0 Å². The smallest absolute Gasteiger partial charge is 0.329 e. The number of carbonyl (C=O) groups excluding carboxylic acids is 4. The van der Waals surface area contributed by atoms with Crippen LogP contribution in [-0.2, 0) is 52.3 Å². The van der Waals surface area contributed by atoms with Crippen molar-refractivity contribution >= 4 is 23.4 Å². The highest BCUT2D eigenvalue weighted by Crippen LogP contribution is 2.38. The van der Waals surface area contributed by atoms with Crippen LogP contribution in [0.15, 0.2) is 47.6 Å². The van der Waals surface area contributed by atoms with E-state index in [-0.39, 0.29) is 73.6 Å². The van der Waals surface area contributed by atoms with Crippen LogP contribution in [0.5, 0.6) is 0 Å². The monoisotopic (exact) mass is 1010 g/mol. The number of aliphatic hydroxyl groups excluding tert-OH is 2. The summed E-state index contributed by atoms with van der Waals surface area (Å²) >= 11 is 0. The average molecular weight is 1010 g/mol. The number of hydrogen-bond acceptors (Lipinski definition) is 14. The molecule has 2 unspecified atom stereocenters. The topological polar surface area (TPSA) is 197 Å². The highest BCUT2D eigenvalue weighted by molar-refractivity contribution is 6.39. The van der Waals surface area contributed by atoms with Crippen LogP contribution in [0.1, 0.15) is 138 Å². The fraction of sp³-hybridized carbons (Fsp3) is 0.789. The lowest BCUT2D eigenvalue weighted by atomic mass is 9.78. The number of fused-ring (bicyclic) bond motifs is 3.